The van der Waals surface area contributed by atoms with E-state index in [9.17, 15) is 8.42 Å². The van der Waals surface area contributed by atoms with Crippen molar-refractivity contribution >= 4 is 26.4 Å². The Morgan fingerprint density at radius 1 is 1.03 bits per heavy atom. The van der Waals surface area contributed by atoms with Crippen molar-refractivity contribution in [3.8, 4) is 5.75 Å². The third kappa shape index (κ3) is 5.14. The number of ether oxygens (including phenoxy) is 1. The van der Waals surface area contributed by atoms with E-state index in [1.54, 1.807) is 24.3 Å². The Hall–Kier alpha value is -2.64. The predicted octanol–water partition coefficient (Wildman–Crippen LogP) is 4.70. The van der Waals surface area contributed by atoms with Crippen LogP contribution in [0.4, 0.5) is 5.69 Å². The van der Waals surface area contributed by atoms with Crippen LogP contribution in [0.15, 0.2) is 58.5 Å². The number of rotatable bonds is 7. The average Bonchev–Trinajstić information content (AvgIpc) is 3.03. The second kappa shape index (κ2) is 10.1. The van der Waals surface area contributed by atoms with Gasteiger partial charge in [0.1, 0.15) is 10.6 Å². The Kier molecular flexibility index (Phi) is 7.20. The van der Waals surface area contributed by atoms with Gasteiger partial charge in [0.2, 0.25) is 9.84 Å². The van der Waals surface area contributed by atoms with Crippen molar-refractivity contribution in [3.05, 3.63) is 54.2 Å². The van der Waals surface area contributed by atoms with Crippen LogP contribution in [0.1, 0.15) is 31.7 Å². The topological polar surface area (TPSA) is 62.7 Å². The van der Waals surface area contributed by atoms with Crippen LogP contribution in [0.25, 0.3) is 10.9 Å². The Balaban J connectivity index is 1.79. The van der Waals surface area contributed by atoms with Crippen LogP contribution in [-0.4, -0.2) is 58.1 Å². The summed E-state index contributed by atoms with van der Waals surface area (Å²) in [4.78, 5) is 9.58. The first-order chi connectivity index (χ1) is 15.9. The van der Waals surface area contributed by atoms with Gasteiger partial charge in [-0.1, -0.05) is 25.0 Å². The van der Waals surface area contributed by atoms with Crippen LogP contribution in [0.3, 0.4) is 0 Å². The molecule has 4 rings (SSSR count). The molecule has 0 N–H and O–H groups in total. The van der Waals surface area contributed by atoms with Gasteiger partial charge >= 0.3 is 0 Å². The Labute approximate surface area is 197 Å². The van der Waals surface area contributed by atoms with Gasteiger partial charge < -0.3 is 14.5 Å². The van der Waals surface area contributed by atoms with Gasteiger partial charge in [-0.3, -0.25) is 4.98 Å². The summed E-state index contributed by atoms with van der Waals surface area (Å²) in [5, 5.41) is 0.889. The van der Waals surface area contributed by atoms with E-state index in [1.165, 1.54) is 6.20 Å². The molecule has 1 aliphatic rings. The first kappa shape index (κ1) is 23.5. The standard InChI is InChI=1S/C26H33N3O3S/c1-4-5-17-32-21-8-10-22(11-9-21)33(30,31)25-19-27-24-12-7-20(2)18-23(24)26(25)29-14-6-13-28(3)15-16-29/h7-12,18-19H,4-6,13-17H2,1-3H3. The second-order valence-electron chi connectivity index (χ2n) is 8.81. The maximum absolute atomic E-state index is 13.8. The predicted molar refractivity (Wildman–Crippen MR) is 133 cm³/mol. The Morgan fingerprint density at radius 3 is 2.58 bits per heavy atom. The third-order valence-electron chi connectivity index (χ3n) is 6.19. The summed E-state index contributed by atoms with van der Waals surface area (Å²) in [5.41, 5.74) is 2.66. The minimum atomic E-state index is -3.76. The molecule has 0 saturated carbocycles. The van der Waals surface area contributed by atoms with E-state index in [2.05, 4.69) is 34.8 Å². The van der Waals surface area contributed by atoms with E-state index in [0.717, 1.165) is 67.6 Å². The lowest BCUT2D eigenvalue weighted by Gasteiger charge is -2.27. The van der Waals surface area contributed by atoms with Gasteiger partial charge in [-0.15, -0.1) is 0 Å². The normalized spacial score (nSPS) is 15.5. The largest absolute Gasteiger partial charge is 0.494 e. The molecule has 176 valence electrons. The molecule has 1 aliphatic heterocycles. The molecule has 3 aromatic rings. The van der Waals surface area contributed by atoms with Gasteiger partial charge in [-0.25, -0.2) is 8.42 Å². The van der Waals surface area contributed by atoms with Crippen LogP contribution >= 0.6 is 0 Å². The zero-order valence-electron chi connectivity index (χ0n) is 19.8. The molecule has 1 fully saturated rings. The minimum absolute atomic E-state index is 0.257. The summed E-state index contributed by atoms with van der Waals surface area (Å²) in [5.74, 6) is 0.686. The molecule has 0 unspecified atom stereocenters. The summed E-state index contributed by atoms with van der Waals surface area (Å²) in [7, 11) is -1.65. The molecule has 33 heavy (non-hydrogen) atoms. The van der Waals surface area contributed by atoms with Gasteiger partial charge in [0.05, 0.1) is 22.7 Å². The first-order valence-corrected chi connectivity index (χ1v) is 13.2. The van der Waals surface area contributed by atoms with Crippen molar-refractivity contribution in [2.45, 2.75) is 42.9 Å². The minimum Gasteiger partial charge on any atom is -0.494 e. The third-order valence-corrected chi connectivity index (χ3v) is 7.96. The van der Waals surface area contributed by atoms with Crippen molar-refractivity contribution < 1.29 is 13.2 Å². The fraction of sp³-hybridized carbons (Fsp3) is 0.423. The molecule has 7 heteroatoms. The SMILES string of the molecule is CCCCOc1ccc(S(=O)(=O)c2cnc3ccc(C)cc3c2N2CCCN(C)CC2)cc1. The van der Waals surface area contributed by atoms with Crippen molar-refractivity contribution in [1.29, 1.82) is 0 Å². The quantitative estimate of drug-likeness (QED) is 0.470. The van der Waals surface area contributed by atoms with Crippen molar-refractivity contribution in [1.82, 2.24) is 9.88 Å². The maximum Gasteiger partial charge on any atom is 0.210 e. The lowest BCUT2D eigenvalue weighted by Crippen LogP contribution is -2.30. The summed E-state index contributed by atoms with van der Waals surface area (Å²) in [6, 6.07) is 12.8. The lowest BCUT2D eigenvalue weighted by molar-refractivity contribution is 0.309. The molecule has 0 spiro atoms. The number of likely N-dealkylation sites (N-methyl/N-ethyl adjacent to an activating group) is 1. The maximum atomic E-state index is 13.8. The molecule has 0 atom stereocenters. The number of aryl methyl sites for hydroxylation is 1. The van der Waals surface area contributed by atoms with Gasteiger partial charge in [-0.2, -0.15) is 0 Å². The molecule has 0 radical (unpaired) electrons. The highest BCUT2D eigenvalue weighted by Gasteiger charge is 2.28. The zero-order valence-corrected chi connectivity index (χ0v) is 20.6. The molecule has 1 aromatic heterocycles. The molecule has 0 aliphatic carbocycles. The van der Waals surface area contributed by atoms with E-state index in [1.807, 2.05) is 19.1 Å². The van der Waals surface area contributed by atoms with Crippen LogP contribution in [-0.2, 0) is 9.84 Å². The zero-order chi connectivity index (χ0) is 23.4. The summed E-state index contributed by atoms with van der Waals surface area (Å²) < 4.78 is 33.4. The van der Waals surface area contributed by atoms with E-state index in [4.69, 9.17) is 4.74 Å². The van der Waals surface area contributed by atoms with Crippen LogP contribution in [0, 0.1) is 6.92 Å². The number of hydrogen-bond donors (Lipinski definition) is 0. The van der Waals surface area contributed by atoms with Crippen molar-refractivity contribution in [2.75, 3.05) is 44.7 Å². The number of pyridine rings is 1. The molecule has 0 amide bonds. The molecule has 0 bridgehead atoms. The molecule has 2 heterocycles. The molecular formula is C26H33N3O3S. The number of unbranched alkanes of at least 4 members (excludes halogenated alkanes) is 1. The number of anilines is 1. The van der Waals surface area contributed by atoms with Gasteiger partial charge in [0, 0.05) is 31.2 Å². The highest BCUT2D eigenvalue weighted by Crippen LogP contribution is 2.37. The van der Waals surface area contributed by atoms with E-state index >= 15 is 0 Å². The number of fused-ring (bicyclic) bond motifs is 1. The highest BCUT2D eigenvalue weighted by molar-refractivity contribution is 7.91. The van der Waals surface area contributed by atoms with E-state index in [0.29, 0.717) is 12.4 Å². The smallest absolute Gasteiger partial charge is 0.210 e. The van der Waals surface area contributed by atoms with Gasteiger partial charge in [0.25, 0.3) is 0 Å². The molecular weight excluding hydrogens is 434 g/mol. The summed E-state index contributed by atoms with van der Waals surface area (Å²) >= 11 is 0. The summed E-state index contributed by atoms with van der Waals surface area (Å²) in [6.07, 6.45) is 4.53. The fourth-order valence-corrected chi connectivity index (χ4v) is 5.68. The van der Waals surface area contributed by atoms with Crippen molar-refractivity contribution in [3.63, 3.8) is 0 Å². The van der Waals surface area contributed by atoms with Crippen LogP contribution in [0.5, 0.6) is 5.75 Å². The summed E-state index contributed by atoms with van der Waals surface area (Å²) in [6.45, 7) is 8.24. The molecule has 2 aromatic carbocycles. The number of aromatic nitrogens is 1. The van der Waals surface area contributed by atoms with Crippen molar-refractivity contribution in [2.24, 2.45) is 0 Å². The second-order valence-corrected chi connectivity index (χ2v) is 10.7. The number of hydrogen-bond acceptors (Lipinski definition) is 6. The Morgan fingerprint density at radius 2 is 1.82 bits per heavy atom. The first-order valence-electron chi connectivity index (χ1n) is 11.7. The number of benzene rings is 2. The average molecular weight is 468 g/mol. The number of sulfone groups is 1. The fourth-order valence-electron chi connectivity index (χ4n) is 4.24. The number of nitrogens with zero attached hydrogens (tertiary/aromatic N) is 3. The molecule has 6 nitrogen and oxygen atoms in total. The van der Waals surface area contributed by atoms with Gasteiger partial charge in [0.15, 0.2) is 0 Å². The monoisotopic (exact) mass is 467 g/mol. The Bertz CT molecular complexity index is 1210. The van der Waals surface area contributed by atoms with E-state index in [-0.39, 0.29) is 9.79 Å². The van der Waals surface area contributed by atoms with E-state index < -0.39 is 9.84 Å². The molecule has 1 saturated heterocycles. The lowest BCUT2D eigenvalue weighted by atomic mass is 10.1. The van der Waals surface area contributed by atoms with Crippen LogP contribution < -0.4 is 9.64 Å². The highest BCUT2D eigenvalue weighted by atomic mass is 32.2. The van der Waals surface area contributed by atoms with Crippen LogP contribution in [0.2, 0.25) is 0 Å². The van der Waals surface area contributed by atoms with Gasteiger partial charge in [-0.05, 0) is 69.8 Å².